The van der Waals surface area contributed by atoms with E-state index in [9.17, 15) is 19.5 Å². The van der Waals surface area contributed by atoms with E-state index in [1.807, 2.05) is 5.38 Å². The van der Waals surface area contributed by atoms with Crippen molar-refractivity contribution in [3.63, 3.8) is 0 Å². The van der Waals surface area contributed by atoms with Gasteiger partial charge in [-0.3, -0.25) is 14.7 Å². The number of aliphatic imine (C=N–C) groups is 1. The first-order valence-electron chi connectivity index (χ1n) is 12.3. The van der Waals surface area contributed by atoms with Gasteiger partial charge in [0.05, 0.1) is 24.3 Å². The van der Waals surface area contributed by atoms with E-state index in [-0.39, 0.29) is 42.4 Å². The lowest BCUT2D eigenvalue weighted by Gasteiger charge is -2.34. The summed E-state index contributed by atoms with van der Waals surface area (Å²) in [5, 5.41) is 15.3. The number of aromatic carboxylic acids is 1. The van der Waals surface area contributed by atoms with E-state index >= 15 is 0 Å². The Hall–Kier alpha value is -3.57. The first kappa shape index (κ1) is 25.1. The van der Waals surface area contributed by atoms with Crippen LogP contribution in [-0.4, -0.2) is 78.0 Å². The Kier molecular flexibility index (Phi) is 7.07. The van der Waals surface area contributed by atoms with Gasteiger partial charge in [-0.2, -0.15) is 0 Å². The quantitative estimate of drug-likeness (QED) is 0.530. The van der Waals surface area contributed by atoms with Crippen LogP contribution in [0.25, 0.3) is 0 Å². The minimum absolute atomic E-state index is 0.0685. The molecule has 0 bridgehead atoms. The van der Waals surface area contributed by atoms with Gasteiger partial charge in [0, 0.05) is 54.4 Å². The number of carbonyl (C=O) groups is 3. The number of thiazole rings is 1. The monoisotopic (exact) mass is 523 g/mol. The highest BCUT2D eigenvalue weighted by atomic mass is 32.1. The molecule has 5 rings (SSSR count). The van der Waals surface area contributed by atoms with Crippen LogP contribution in [0.4, 0.5) is 5.69 Å². The molecule has 37 heavy (non-hydrogen) atoms. The summed E-state index contributed by atoms with van der Waals surface area (Å²) >= 11 is 1.48. The molecule has 1 amide bonds. The highest BCUT2D eigenvalue weighted by molar-refractivity contribution is 7.11. The van der Waals surface area contributed by atoms with Crippen LogP contribution in [-0.2, 0) is 14.3 Å². The van der Waals surface area contributed by atoms with Gasteiger partial charge in [0.2, 0.25) is 5.91 Å². The number of aryl methyl sites for hydroxylation is 1. The van der Waals surface area contributed by atoms with E-state index < -0.39 is 5.97 Å². The number of benzene rings is 1. The largest absolute Gasteiger partial charge is 0.478 e. The van der Waals surface area contributed by atoms with E-state index in [1.54, 1.807) is 43.1 Å². The second kappa shape index (κ2) is 10.4. The van der Waals surface area contributed by atoms with Gasteiger partial charge in [-0.05, 0) is 50.6 Å². The van der Waals surface area contributed by atoms with Crippen molar-refractivity contribution in [2.24, 2.45) is 16.8 Å². The normalized spacial score (nSPS) is 21.9. The fraction of sp³-hybridized carbons (Fsp3) is 0.423. The molecule has 3 aliphatic rings. The van der Waals surface area contributed by atoms with Gasteiger partial charge in [-0.1, -0.05) is 0 Å². The molecule has 0 aliphatic carbocycles. The van der Waals surface area contributed by atoms with Crippen LogP contribution in [0.3, 0.4) is 0 Å². The van der Waals surface area contributed by atoms with Crippen molar-refractivity contribution in [1.82, 2.24) is 15.2 Å². The first-order chi connectivity index (χ1) is 17.9. The number of nitrogens with one attached hydrogen (secondary N) is 1. The number of amides is 1. The molecular formula is C26H29N5O5S. The number of ether oxygens (including phenoxy) is 1. The molecule has 0 spiro atoms. The molecule has 1 aromatic heterocycles. The molecule has 2 N–H and O–H groups in total. The fourth-order valence-corrected chi connectivity index (χ4v) is 5.91. The Morgan fingerprint density at radius 3 is 2.84 bits per heavy atom. The van der Waals surface area contributed by atoms with Crippen LogP contribution < -0.4 is 10.2 Å². The number of fused-ring (bicyclic) bond motifs is 1. The number of piperidine rings is 1. The zero-order valence-corrected chi connectivity index (χ0v) is 21.6. The lowest BCUT2D eigenvalue weighted by Crippen LogP contribution is -2.45. The van der Waals surface area contributed by atoms with Crippen molar-refractivity contribution >= 4 is 40.7 Å². The Bertz CT molecular complexity index is 1290. The fourth-order valence-electron chi connectivity index (χ4n) is 5.31. The van der Waals surface area contributed by atoms with Crippen molar-refractivity contribution in [2.75, 3.05) is 44.2 Å². The van der Waals surface area contributed by atoms with Gasteiger partial charge < -0.3 is 20.1 Å². The number of amidine groups is 1. The van der Waals surface area contributed by atoms with Crippen LogP contribution >= 0.6 is 11.3 Å². The van der Waals surface area contributed by atoms with Crippen LogP contribution in [0.1, 0.15) is 34.3 Å². The number of esters is 1. The Morgan fingerprint density at radius 2 is 2.14 bits per heavy atom. The van der Waals surface area contributed by atoms with Gasteiger partial charge >= 0.3 is 11.9 Å². The number of aromatic nitrogens is 1. The Balaban J connectivity index is 1.31. The van der Waals surface area contributed by atoms with E-state index in [1.165, 1.54) is 11.3 Å². The van der Waals surface area contributed by atoms with Crippen LogP contribution in [0.2, 0.25) is 0 Å². The summed E-state index contributed by atoms with van der Waals surface area (Å²) in [4.78, 5) is 50.2. The molecule has 10 nitrogen and oxygen atoms in total. The maximum Gasteiger partial charge on any atom is 0.337 e. The maximum atomic E-state index is 13.2. The molecule has 1 aromatic carbocycles. The van der Waals surface area contributed by atoms with Gasteiger partial charge in [0.15, 0.2) is 10.8 Å². The summed E-state index contributed by atoms with van der Waals surface area (Å²) in [5.41, 5.74) is 2.89. The van der Waals surface area contributed by atoms with Gasteiger partial charge in [-0.25, -0.2) is 14.6 Å². The van der Waals surface area contributed by atoms with Crippen molar-refractivity contribution in [3.8, 4) is 0 Å². The molecule has 0 saturated carbocycles. The van der Waals surface area contributed by atoms with Gasteiger partial charge in [0.1, 0.15) is 0 Å². The lowest BCUT2D eigenvalue weighted by molar-refractivity contribution is -0.138. The molecule has 0 radical (unpaired) electrons. The number of carboxylic acids is 1. The summed E-state index contributed by atoms with van der Waals surface area (Å²) in [6, 6.07) is 5.05. The summed E-state index contributed by atoms with van der Waals surface area (Å²) in [5.74, 6) is -0.534. The van der Waals surface area contributed by atoms with E-state index in [0.29, 0.717) is 36.6 Å². The third-order valence-corrected chi connectivity index (χ3v) is 7.92. The molecular weight excluding hydrogens is 494 g/mol. The van der Waals surface area contributed by atoms with Crippen molar-refractivity contribution < 1.29 is 24.2 Å². The topological polar surface area (TPSA) is 124 Å². The average Bonchev–Trinajstić information content (AvgIpc) is 3.52. The second-order valence-electron chi connectivity index (χ2n) is 9.45. The number of anilines is 1. The third-order valence-electron chi connectivity index (χ3n) is 7.14. The molecule has 11 heteroatoms. The number of carboxylic acid groups (broad SMARTS) is 1. The van der Waals surface area contributed by atoms with Gasteiger partial charge in [-0.15, -0.1) is 11.3 Å². The molecule has 2 fully saturated rings. The number of rotatable bonds is 7. The number of carbonyl (C=O) groups excluding carboxylic acids is 2. The van der Waals surface area contributed by atoms with E-state index in [0.717, 1.165) is 29.4 Å². The zero-order chi connectivity index (χ0) is 26.1. The number of hydrogen-bond acceptors (Lipinski definition) is 9. The second-order valence-corrected chi connectivity index (χ2v) is 10.3. The first-order valence-corrected chi connectivity index (χ1v) is 13.2. The van der Waals surface area contributed by atoms with Crippen molar-refractivity contribution in [3.05, 3.63) is 57.2 Å². The van der Waals surface area contributed by atoms with Crippen molar-refractivity contribution in [2.45, 2.75) is 20.3 Å². The predicted octanol–water partition coefficient (Wildman–Crippen LogP) is 2.30. The predicted molar refractivity (Wildman–Crippen MR) is 139 cm³/mol. The minimum atomic E-state index is -0.975. The SMILES string of the molecule is CCOC(=O)C1=C(CN2CCC3C(=O)N(c4ccc(C(=O)O)c(C)c4)CC3C2)NC(c2nccs2)=NC1. The highest BCUT2D eigenvalue weighted by Crippen LogP contribution is 2.36. The average molecular weight is 524 g/mol. The molecule has 2 aromatic rings. The molecule has 2 unspecified atom stereocenters. The van der Waals surface area contributed by atoms with Crippen LogP contribution in [0, 0.1) is 18.8 Å². The standard InChI is InChI=1S/C26H29N5O5S/c1-3-36-26(35)20-11-28-22(23-27-7-9-37-23)29-21(20)14-30-8-6-19-16(12-30)13-31(24(19)32)17-4-5-18(25(33)34)15(2)10-17/h4-5,7,9-10,16,19H,3,6,8,11-14H2,1-2H3,(H,28,29)(H,33,34). The number of likely N-dealkylation sites (tertiary alicyclic amines) is 1. The summed E-state index contributed by atoms with van der Waals surface area (Å²) < 4.78 is 5.28. The third kappa shape index (κ3) is 5.01. The summed E-state index contributed by atoms with van der Waals surface area (Å²) in [6.45, 7) is 6.58. The molecule has 4 heterocycles. The molecule has 2 atom stereocenters. The van der Waals surface area contributed by atoms with Gasteiger partial charge in [0.25, 0.3) is 0 Å². The summed E-state index contributed by atoms with van der Waals surface area (Å²) in [7, 11) is 0. The van der Waals surface area contributed by atoms with Crippen LogP contribution in [0.15, 0.2) is 46.0 Å². The molecule has 3 aliphatic heterocycles. The minimum Gasteiger partial charge on any atom is -0.478 e. The maximum absolute atomic E-state index is 13.2. The summed E-state index contributed by atoms with van der Waals surface area (Å²) in [6.07, 6.45) is 2.44. The smallest absolute Gasteiger partial charge is 0.337 e. The van der Waals surface area contributed by atoms with E-state index in [2.05, 4.69) is 20.2 Å². The molecule has 194 valence electrons. The molecule has 2 saturated heterocycles. The van der Waals surface area contributed by atoms with Crippen LogP contribution in [0.5, 0.6) is 0 Å². The Morgan fingerprint density at radius 1 is 1.30 bits per heavy atom. The highest BCUT2D eigenvalue weighted by Gasteiger charge is 2.44. The lowest BCUT2D eigenvalue weighted by atomic mass is 9.88. The van der Waals surface area contributed by atoms with E-state index in [4.69, 9.17) is 4.74 Å². The number of nitrogens with zero attached hydrogens (tertiary/aromatic N) is 4. The zero-order valence-electron chi connectivity index (χ0n) is 20.8. The Labute approximate surface area is 218 Å². The van der Waals surface area contributed by atoms with Crippen molar-refractivity contribution in [1.29, 1.82) is 0 Å². The number of hydrogen-bond donors (Lipinski definition) is 2.